The smallest absolute Gasteiger partial charge is 0.307 e. The Morgan fingerprint density at radius 2 is 1.83 bits per heavy atom. The van der Waals surface area contributed by atoms with E-state index < -0.39 is 5.97 Å². The zero-order valence-corrected chi connectivity index (χ0v) is 13.3. The number of carbonyl (C=O) groups is 1. The van der Waals surface area contributed by atoms with E-state index in [1.165, 1.54) is 14.2 Å². The monoisotopic (exact) mass is 330 g/mol. The van der Waals surface area contributed by atoms with Crippen LogP contribution >= 0.6 is 0 Å². The third-order valence-corrected chi connectivity index (χ3v) is 3.13. The van der Waals surface area contributed by atoms with Gasteiger partial charge in [-0.1, -0.05) is 18.2 Å². The molecule has 3 rings (SSSR count). The summed E-state index contributed by atoms with van der Waals surface area (Å²) >= 11 is 0. The van der Waals surface area contributed by atoms with E-state index in [0.29, 0.717) is 11.8 Å². The minimum atomic E-state index is -0.801. The standard InChI is InChI=1S/C10H9NO2.C6H9N3O2/c12-10(13)5-7-6-11-9-4-2-1-3-8(7)9;1-10-4-3-5(11-2)9-6(7)8-4/h1-4,6,11H,5H2,(H,12,13);3H,1-2H3,(H2,7,8,9). The third-order valence-electron chi connectivity index (χ3n) is 3.13. The normalized spacial score (nSPS) is 9.92. The van der Waals surface area contributed by atoms with Gasteiger partial charge in [0.15, 0.2) is 0 Å². The van der Waals surface area contributed by atoms with Crippen molar-refractivity contribution in [3.63, 3.8) is 0 Å². The number of aromatic amines is 1. The lowest BCUT2D eigenvalue weighted by molar-refractivity contribution is -0.136. The number of carboxylic acid groups (broad SMARTS) is 1. The molecule has 0 unspecified atom stereocenters. The van der Waals surface area contributed by atoms with Gasteiger partial charge in [0, 0.05) is 17.1 Å². The maximum atomic E-state index is 10.5. The van der Waals surface area contributed by atoms with Crippen molar-refractivity contribution in [3.05, 3.63) is 42.1 Å². The maximum absolute atomic E-state index is 10.5. The summed E-state index contributed by atoms with van der Waals surface area (Å²) in [6.07, 6.45) is 1.82. The van der Waals surface area contributed by atoms with Crippen molar-refractivity contribution in [2.75, 3.05) is 20.0 Å². The lowest BCUT2D eigenvalue weighted by atomic mass is 10.1. The molecule has 0 fully saturated rings. The molecule has 2 aromatic heterocycles. The lowest BCUT2D eigenvalue weighted by Crippen LogP contribution is -1.99. The van der Waals surface area contributed by atoms with Crippen LogP contribution in [0.1, 0.15) is 5.56 Å². The highest BCUT2D eigenvalue weighted by Gasteiger charge is 2.05. The van der Waals surface area contributed by atoms with Crippen molar-refractivity contribution in [1.29, 1.82) is 0 Å². The Morgan fingerprint density at radius 3 is 2.42 bits per heavy atom. The first-order valence-corrected chi connectivity index (χ1v) is 7.02. The number of fused-ring (bicyclic) bond motifs is 1. The van der Waals surface area contributed by atoms with Crippen LogP contribution in [0.5, 0.6) is 11.8 Å². The zero-order valence-electron chi connectivity index (χ0n) is 13.3. The van der Waals surface area contributed by atoms with Gasteiger partial charge in [0.2, 0.25) is 17.7 Å². The van der Waals surface area contributed by atoms with E-state index in [-0.39, 0.29) is 12.4 Å². The molecule has 3 aromatic rings. The Morgan fingerprint density at radius 1 is 1.21 bits per heavy atom. The molecular weight excluding hydrogens is 312 g/mol. The second-order valence-corrected chi connectivity index (χ2v) is 4.74. The summed E-state index contributed by atoms with van der Waals surface area (Å²) in [6.45, 7) is 0. The molecule has 0 amide bonds. The summed E-state index contributed by atoms with van der Waals surface area (Å²) in [5, 5.41) is 9.62. The predicted molar refractivity (Wildman–Crippen MR) is 89.2 cm³/mol. The zero-order chi connectivity index (χ0) is 17.5. The van der Waals surface area contributed by atoms with Crippen molar-refractivity contribution >= 4 is 22.8 Å². The number of aliphatic carboxylic acids is 1. The van der Waals surface area contributed by atoms with Gasteiger partial charge in [-0.2, -0.15) is 9.97 Å². The van der Waals surface area contributed by atoms with Crippen molar-refractivity contribution in [2.45, 2.75) is 6.42 Å². The van der Waals surface area contributed by atoms with Crippen LogP contribution < -0.4 is 15.2 Å². The van der Waals surface area contributed by atoms with Crippen LogP contribution in [-0.2, 0) is 11.2 Å². The molecule has 0 saturated heterocycles. The summed E-state index contributed by atoms with van der Waals surface area (Å²) in [6, 6.07) is 9.23. The van der Waals surface area contributed by atoms with Crippen LogP contribution in [0.4, 0.5) is 5.95 Å². The second kappa shape index (κ2) is 7.82. The van der Waals surface area contributed by atoms with Crippen LogP contribution in [-0.4, -0.2) is 40.2 Å². The summed E-state index contributed by atoms with van der Waals surface area (Å²) in [4.78, 5) is 21.1. The molecule has 8 nitrogen and oxygen atoms in total. The number of benzene rings is 1. The number of nitrogens with one attached hydrogen (secondary N) is 1. The number of nitrogen functional groups attached to an aromatic ring is 1. The van der Waals surface area contributed by atoms with Gasteiger partial charge in [-0.15, -0.1) is 0 Å². The lowest BCUT2D eigenvalue weighted by Gasteiger charge is -2.01. The Hall–Kier alpha value is -3.29. The molecule has 126 valence electrons. The Kier molecular flexibility index (Phi) is 5.56. The number of hydrogen-bond acceptors (Lipinski definition) is 6. The van der Waals surface area contributed by atoms with E-state index in [9.17, 15) is 4.79 Å². The number of aromatic nitrogens is 3. The van der Waals surface area contributed by atoms with Gasteiger partial charge in [0.25, 0.3) is 0 Å². The molecule has 4 N–H and O–H groups in total. The average Bonchev–Trinajstić information content (AvgIpc) is 2.97. The Balaban J connectivity index is 0.000000177. The summed E-state index contributed by atoms with van der Waals surface area (Å²) in [5.41, 5.74) is 7.15. The highest BCUT2D eigenvalue weighted by molar-refractivity contribution is 5.86. The van der Waals surface area contributed by atoms with E-state index in [0.717, 1.165) is 16.5 Å². The molecule has 1 aromatic carbocycles. The van der Waals surface area contributed by atoms with Crippen molar-refractivity contribution < 1.29 is 19.4 Å². The molecule has 0 aliphatic heterocycles. The number of ether oxygens (including phenoxy) is 2. The summed E-state index contributed by atoms with van der Waals surface area (Å²) in [5.74, 6) is 0.134. The van der Waals surface area contributed by atoms with Gasteiger partial charge in [0.1, 0.15) is 0 Å². The molecule has 0 bridgehead atoms. The number of para-hydroxylation sites is 1. The third kappa shape index (κ3) is 4.35. The second-order valence-electron chi connectivity index (χ2n) is 4.74. The summed E-state index contributed by atoms with van der Waals surface area (Å²) in [7, 11) is 3.00. The molecule has 0 radical (unpaired) electrons. The number of carboxylic acids is 1. The number of H-pyrrole nitrogens is 1. The van der Waals surface area contributed by atoms with Gasteiger partial charge in [0.05, 0.1) is 26.7 Å². The van der Waals surface area contributed by atoms with Gasteiger partial charge >= 0.3 is 5.97 Å². The van der Waals surface area contributed by atoms with E-state index in [4.69, 9.17) is 20.3 Å². The molecule has 0 spiro atoms. The molecule has 0 aliphatic carbocycles. The maximum Gasteiger partial charge on any atom is 0.307 e. The number of methoxy groups -OCH3 is 2. The van der Waals surface area contributed by atoms with Crippen molar-refractivity contribution in [3.8, 4) is 11.8 Å². The average molecular weight is 330 g/mol. The molecular formula is C16H18N4O4. The molecule has 0 saturated carbocycles. The van der Waals surface area contributed by atoms with Gasteiger partial charge in [-0.25, -0.2) is 0 Å². The number of nitrogens with zero attached hydrogens (tertiary/aromatic N) is 2. The fraction of sp³-hybridized carbons (Fsp3) is 0.188. The molecule has 8 heteroatoms. The Bertz CT molecular complexity index is 810. The summed E-state index contributed by atoms with van der Waals surface area (Å²) < 4.78 is 9.65. The quantitative estimate of drug-likeness (QED) is 0.667. The van der Waals surface area contributed by atoms with E-state index >= 15 is 0 Å². The minimum absolute atomic E-state index is 0.0734. The van der Waals surface area contributed by atoms with Crippen LogP contribution in [0.25, 0.3) is 10.9 Å². The Labute approximate surface area is 138 Å². The molecule has 2 heterocycles. The van der Waals surface area contributed by atoms with E-state index in [2.05, 4.69) is 15.0 Å². The molecule has 24 heavy (non-hydrogen) atoms. The SMILES string of the molecule is COc1cc(OC)nc(N)n1.O=C(O)Cc1c[nH]c2ccccc12. The molecule has 0 aliphatic rings. The topological polar surface area (TPSA) is 123 Å². The first-order valence-electron chi connectivity index (χ1n) is 7.02. The van der Waals surface area contributed by atoms with Gasteiger partial charge in [-0.3, -0.25) is 4.79 Å². The van der Waals surface area contributed by atoms with Gasteiger partial charge < -0.3 is 25.3 Å². The number of rotatable bonds is 4. The van der Waals surface area contributed by atoms with E-state index in [1.807, 2.05) is 24.3 Å². The van der Waals surface area contributed by atoms with Crippen LogP contribution in [0.2, 0.25) is 0 Å². The highest BCUT2D eigenvalue weighted by Crippen LogP contribution is 2.17. The van der Waals surface area contributed by atoms with E-state index in [1.54, 1.807) is 12.3 Å². The fourth-order valence-corrected chi connectivity index (χ4v) is 2.07. The van der Waals surface area contributed by atoms with Crippen LogP contribution in [0.15, 0.2) is 36.5 Å². The van der Waals surface area contributed by atoms with Crippen LogP contribution in [0.3, 0.4) is 0 Å². The minimum Gasteiger partial charge on any atom is -0.481 e. The number of hydrogen-bond donors (Lipinski definition) is 3. The highest BCUT2D eigenvalue weighted by atomic mass is 16.5. The first kappa shape index (κ1) is 17.1. The number of anilines is 1. The number of nitrogens with two attached hydrogens (primary N) is 1. The van der Waals surface area contributed by atoms with Crippen LogP contribution in [0, 0.1) is 0 Å². The fourth-order valence-electron chi connectivity index (χ4n) is 2.07. The predicted octanol–water partition coefficient (Wildman–Crippen LogP) is 1.87. The largest absolute Gasteiger partial charge is 0.481 e. The van der Waals surface area contributed by atoms with Crippen molar-refractivity contribution in [2.24, 2.45) is 0 Å². The van der Waals surface area contributed by atoms with Gasteiger partial charge in [-0.05, 0) is 11.6 Å². The molecule has 0 atom stereocenters. The van der Waals surface area contributed by atoms with Crippen molar-refractivity contribution in [1.82, 2.24) is 15.0 Å². The first-order chi connectivity index (χ1) is 11.5.